The smallest absolute Gasteiger partial charge is 0.275 e. The number of amides is 3. The normalized spacial score (nSPS) is 17.5. The number of aliphatic hydroxyl groups is 1. The molecule has 4 aromatic rings. The quantitative estimate of drug-likeness (QED) is 0.270. The molecule has 1 fully saturated rings. The van der Waals surface area contributed by atoms with Crippen molar-refractivity contribution in [2.45, 2.75) is 37.6 Å². The first-order valence-electron chi connectivity index (χ1n) is 13.1. The molecule has 0 spiro atoms. The number of aliphatic hydroxyl groups excluding tert-OH is 1. The van der Waals surface area contributed by atoms with Crippen LogP contribution < -0.4 is 5.32 Å². The van der Waals surface area contributed by atoms with E-state index >= 15 is 0 Å². The van der Waals surface area contributed by atoms with Gasteiger partial charge in [0.2, 0.25) is 11.8 Å². The molecule has 10 nitrogen and oxygen atoms in total. The predicted octanol–water partition coefficient (Wildman–Crippen LogP) is 2.23. The van der Waals surface area contributed by atoms with Gasteiger partial charge in [0.1, 0.15) is 17.8 Å². The minimum absolute atomic E-state index is 0.0252. The van der Waals surface area contributed by atoms with Crippen LogP contribution in [-0.4, -0.2) is 79.7 Å². The highest BCUT2D eigenvalue weighted by Crippen LogP contribution is 2.24. The van der Waals surface area contributed by atoms with Gasteiger partial charge in [-0.1, -0.05) is 60.7 Å². The number of H-pyrrole nitrogens is 1. The Kier molecular flexibility index (Phi) is 7.79. The van der Waals surface area contributed by atoms with Crippen LogP contribution in [-0.2, 0) is 22.6 Å². The number of hydrogen-bond donors (Lipinski definition) is 4. The Labute approximate surface area is 231 Å². The maximum atomic E-state index is 13.6. The van der Waals surface area contributed by atoms with Crippen LogP contribution in [0.25, 0.3) is 10.9 Å². The van der Waals surface area contributed by atoms with Gasteiger partial charge >= 0.3 is 0 Å². The second kappa shape index (κ2) is 11.6. The summed E-state index contributed by atoms with van der Waals surface area (Å²) < 4.78 is 0. The van der Waals surface area contributed by atoms with Crippen LogP contribution in [0.2, 0.25) is 0 Å². The minimum Gasteiger partial charge on any atom is -0.508 e. The number of phenols is 1. The summed E-state index contributed by atoms with van der Waals surface area (Å²) >= 11 is 0. The van der Waals surface area contributed by atoms with Crippen molar-refractivity contribution in [3.05, 3.63) is 95.7 Å². The van der Waals surface area contributed by atoms with E-state index in [1.165, 1.54) is 17.0 Å². The van der Waals surface area contributed by atoms with Gasteiger partial charge in [0, 0.05) is 38.4 Å². The molecule has 1 aliphatic rings. The molecule has 206 valence electrons. The first-order chi connectivity index (χ1) is 19.3. The standard InChI is InChI=1S/C30H31N5O5/c1-34(17-20-7-3-2-4-8-20)29(39)25(15-19-11-13-21(36)14-12-19)31-28(38)26-16-22(37)18-35(26)30(40)27-23-9-5-6-10-24(23)32-33-27/h2-14,22,25-26,36-37H,15-18H2,1H3,(H,31,38)(H,32,33). The number of para-hydroxylation sites is 1. The topological polar surface area (TPSA) is 139 Å². The van der Waals surface area contributed by atoms with Crippen molar-refractivity contribution < 1.29 is 24.6 Å². The number of β-amino-alcohol motifs (C(OH)–C–C–N with tert-alkyl or cyclic N) is 1. The van der Waals surface area contributed by atoms with Crippen molar-refractivity contribution in [3.8, 4) is 5.75 Å². The first-order valence-corrected chi connectivity index (χ1v) is 13.1. The van der Waals surface area contributed by atoms with Gasteiger partial charge in [-0.15, -0.1) is 0 Å². The number of phenolic OH excluding ortho intramolecular Hbond substituents is 1. The summed E-state index contributed by atoms with van der Waals surface area (Å²) in [4.78, 5) is 43.6. The van der Waals surface area contributed by atoms with Crippen LogP contribution in [0, 0.1) is 0 Å². The van der Waals surface area contributed by atoms with Gasteiger partial charge in [0.25, 0.3) is 5.91 Å². The summed E-state index contributed by atoms with van der Waals surface area (Å²) in [7, 11) is 1.67. The van der Waals surface area contributed by atoms with E-state index in [4.69, 9.17) is 0 Å². The van der Waals surface area contributed by atoms with Gasteiger partial charge < -0.3 is 25.3 Å². The fourth-order valence-electron chi connectivity index (χ4n) is 5.09. The van der Waals surface area contributed by atoms with E-state index < -0.39 is 30.0 Å². The van der Waals surface area contributed by atoms with Crippen molar-refractivity contribution in [1.29, 1.82) is 0 Å². The van der Waals surface area contributed by atoms with E-state index in [0.717, 1.165) is 11.1 Å². The lowest BCUT2D eigenvalue weighted by Crippen LogP contribution is -2.54. The van der Waals surface area contributed by atoms with Gasteiger partial charge in [0.05, 0.1) is 11.6 Å². The van der Waals surface area contributed by atoms with Crippen LogP contribution in [0.1, 0.15) is 28.0 Å². The maximum Gasteiger partial charge on any atom is 0.275 e. The Morgan fingerprint density at radius 1 is 1.02 bits per heavy atom. The summed E-state index contributed by atoms with van der Waals surface area (Å²) in [5, 5.41) is 30.6. The monoisotopic (exact) mass is 541 g/mol. The number of aromatic amines is 1. The van der Waals surface area contributed by atoms with Gasteiger partial charge in [0.15, 0.2) is 5.69 Å². The van der Waals surface area contributed by atoms with Crippen LogP contribution in [0.15, 0.2) is 78.9 Å². The second-order valence-corrected chi connectivity index (χ2v) is 10.1. The molecule has 10 heteroatoms. The van der Waals surface area contributed by atoms with Gasteiger partial charge in [-0.25, -0.2) is 0 Å². The third-order valence-corrected chi connectivity index (χ3v) is 7.14. The van der Waals surface area contributed by atoms with Gasteiger partial charge in [-0.3, -0.25) is 19.5 Å². The molecule has 3 unspecified atom stereocenters. The van der Waals surface area contributed by atoms with Crippen molar-refractivity contribution in [3.63, 3.8) is 0 Å². The fraction of sp³-hybridized carbons (Fsp3) is 0.267. The highest BCUT2D eigenvalue weighted by Gasteiger charge is 2.41. The number of carbonyl (C=O) groups is 3. The molecular formula is C30H31N5O5. The lowest BCUT2D eigenvalue weighted by atomic mass is 10.0. The van der Waals surface area contributed by atoms with E-state index in [-0.39, 0.29) is 36.7 Å². The van der Waals surface area contributed by atoms with E-state index in [1.54, 1.807) is 42.3 Å². The van der Waals surface area contributed by atoms with E-state index in [1.807, 2.05) is 36.4 Å². The Hall–Kier alpha value is -4.70. The van der Waals surface area contributed by atoms with Crippen LogP contribution in [0.3, 0.4) is 0 Å². The molecule has 4 N–H and O–H groups in total. The van der Waals surface area contributed by atoms with Crippen LogP contribution in [0.4, 0.5) is 0 Å². The lowest BCUT2D eigenvalue weighted by Gasteiger charge is -2.28. The largest absolute Gasteiger partial charge is 0.508 e. The van der Waals surface area contributed by atoms with Gasteiger partial charge in [-0.05, 0) is 29.3 Å². The zero-order valence-corrected chi connectivity index (χ0v) is 22.0. The molecule has 3 aromatic carbocycles. The van der Waals surface area contributed by atoms with Crippen molar-refractivity contribution in [2.75, 3.05) is 13.6 Å². The summed E-state index contributed by atoms with van der Waals surface area (Å²) in [6.45, 7) is 0.323. The van der Waals surface area contributed by atoms with Crippen LogP contribution in [0.5, 0.6) is 5.75 Å². The molecule has 0 bridgehead atoms. The molecule has 40 heavy (non-hydrogen) atoms. The number of aromatic nitrogens is 2. The Bertz CT molecular complexity index is 1500. The molecule has 2 heterocycles. The molecule has 1 aromatic heterocycles. The van der Waals surface area contributed by atoms with Crippen molar-refractivity contribution in [1.82, 2.24) is 25.3 Å². The van der Waals surface area contributed by atoms with E-state index in [2.05, 4.69) is 15.5 Å². The average molecular weight is 542 g/mol. The number of aromatic hydroxyl groups is 1. The number of likely N-dealkylation sites (tertiary alicyclic amines) is 1. The molecular weight excluding hydrogens is 510 g/mol. The summed E-state index contributed by atoms with van der Waals surface area (Å²) in [6.07, 6.45) is -0.672. The number of nitrogens with zero attached hydrogens (tertiary/aromatic N) is 3. The Balaban J connectivity index is 1.37. The minimum atomic E-state index is -0.979. The van der Waals surface area contributed by atoms with E-state index in [0.29, 0.717) is 17.4 Å². The summed E-state index contributed by atoms with van der Waals surface area (Å²) in [6, 6.07) is 21.2. The first kappa shape index (κ1) is 26.9. The zero-order valence-electron chi connectivity index (χ0n) is 22.0. The Morgan fingerprint density at radius 2 is 1.73 bits per heavy atom. The highest BCUT2D eigenvalue weighted by molar-refractivity contribution is 6.06. The second-order valence-electron chi connectivity index (χ2n) is 10.1. The number of nitrogens with one attached hydrogen (secondary N) is 2. The van der Waals surface area contributed by atoms with E-state index in [9.17, 15) is 24.6 Å². The molecule has 5 rings (SSSR count). The molecule has 1 saturated heterocycles. The average Bonchev–Trinajstić information content (AvgIpc) is 3.57. The highest BCUT2D eigenvalue weighted by atomic mass is 16.3. The zero-order chi connectivity index (χ0) is 28.2. The summed E-state index contributed by atoms with van der Waals surface area (Å²) in [5.74, 6) is -1.22. The molecule has 0 saturated carbocycles. The molecule has 0 radical (unpaired) electrons. The number of likely N-dealkylation sites (N-methyl/N-ethyl adjacent to an activating group) is 1. The summed E-state index contributed by atoms with van der Waals surface area (Å²) in [5.41, 5.74) is 2.54. The Morgan fingerprint density at radius 3 is 2.48 bits per heavy atom. The maximum absolute atomic E-state index is 13.6. The van der Waals surface area contributed by atoms with Crippen molar-refractivity contribution >= 4 is 28.6 Å². The third-order valence-electron chi connectivity index (χ3n) is 7.14. The van der Waals surface area contributed by atoms with Gasteiger partial charge in [-0.2, -0.15) is 5.10 Å². The number of fused-ring (bicyclic) bond motifs is 1. The van der Waals surface area contributed by atoms with Crippen LogP contribution >= 0.6 is 0 Å². The SMILES string of the molecule is CN(Cc1ccccc1)C(=O)C(Cc1ccc(O)cc1)NC(=O)C1CC(O)CN1C(=O)c1n[nH]c2ccccc12. The predicted molar refractivity (Wildman–Crippen MR) is 148 cm³/mol. The molecule has 3 amide bonds. The molecule has 0 aliphatic carbocycles. The molecule has 3 atom stereocenters. The lowest BCUT2D eigenvalue weighted by molar-refractivity contribution is -0.136. The number of hydrogen-bond acceptors (Lipinski definition) is 6. The molecule has 1 aliphatic heterocycles. The number of rotatable bonds is 8. The third kappa shape index (κ3) is 5.81. The number of carbonyl (C=O) groups excluding carboxylic acids is 3. The van der Waals surface area contributed by atoms with Crippen molar-refractivity contribution in [2.24, 2.45) is 0 Å². The number of benzene rings is 3. The fourth-order valence-corrected chi connectivity index (χ4v) is 5.09.